The van der Waals surface area contributed by atoms with Crippen LogP contribution in [0.3, 0.4) is 0 Å². The summed E-state index contributed by atoms with van der Waals surface area (Å²) in [7, 11) is 0. The molecule has 0 bridgehead atoms. The smallest absolute Gasteiger partial charge is 0.340 e. The van der Waals surface area contributed by atoms with Crippen molar-refractivity contribution < 1.29 is 13.9 Å². The minimum atomic E-state index is -0.351. The van der Waals surface area contributed by atoms with Gasteiger partial charge in [0.2, 0.25) is 0 Å². The summed E-state index contributed by atoms with van der Waals surface area (Å²) < 4.78 is 19.2. The fraction of sp³-hybridized carbons (Fsp3) is 0.526. The maximum absolute atomic E-state index is 13.5. The predicted molar refractivity (Wildman–Crippen MR) is 92.8 cm³/mol. The van der Waals surface area contributed by atoms with Crippen LogP contribution in [0.15, 0.2) is 18.2 Å². The molecule has 0 atom stereocenters. The molecule has 0 spiro atoms. The van der Waals surface area contributed by atoms with Crippen molar-refractivity contribution in [2.75, 3.05) is 19.6 Å². The highest BCUT2D eigenvalue weighted by Gasteiger charge is 2.25. The van der Waals surface area contributed by atoms with Gasteiger partial charge in [0.15, 0.2) is 0 Å². The first-order valence-electron chi connectivity index (χ1n) is 8.79. The molecular formula is C19H25FN2O2. The fourth-order valence-corrected chi connectivity index (χ4v) is 3.40. The number of hydrogen-bond acceptors (Lipinski definition) is 3. The summed E-state index contributed by atoms with van der Waals surface area (Å²) in [5.74, 6) is -0.698. The van der Waals surface area contributed by atoms with Crippen LogP contribution in [0.2, 0.25) is 0 Å². The molecule has 4 nitrogen and oxygen atoms in total. The highest BCUT2D eigenvalue weighted by Crippen LogP contribution is 2.25. The van der Waals surface area contributed by atoms with Gasteiger partial charge < -0.3 is 14.6 Å². The van der Waals surface area contributed by atoms with Gasteiger partial charge >= 0.3 is 5.97 Å². The Morgan fingerprint density at radius 2 is 2.12 bits per heavy atom. The van der Waals surface area contributed by atoms with Gasteiger partial charge in [0, 0.05) is 29.7 Å². The van der Waals surface area contributed by atoms with E-state index >= 15 is 0 Å². The van der Waals surface area contributed by atoms with E-state index in [1.54, 1.807) is 6.07 Å². The first-order valence-corrected chi connectivity index (χ1v) is 8.79. The van der Waals surface area contributed by atoms with Crippen molar-refractivity contribution in [1.82, 2.24) is 9.88 Å². The average Bonchev–Trinajstić information content (AvgIpc) is 2.89. The van der Waals surface area contributed by atoms with Crippen LogP contribution < -0.4 is 0 Å². The molecule has 3 rings (SSSR count). The van der Waals surface area contributed by atoms with Crippen LogP contribution in [0.4, 0.5) is 4.39 Å². The summed E-state index contributed by atoms with van der Waals surface area (Å²) in [6, 6.07) is 4.43. The monoisotopic (exact) mass is 332 g/mol. The molecule has 2 aromatic rings. The van der Waals surface area contributed by atoms with Gasteiger partial charge in [-0.25, -0.2) is 9.18 Å². The maximum atomic E-state index is 13.5. The second-order valence-corrected chi connectivity index (χ2v) is 6.61. The number of likely N-dealkylation sites (tertiary alicyclic amines) is 1. The zero-order valence-electron chi connectivity index (χ0n) is 14.4. The van der Waals surface area contributed by atoms with Crippen LogP contribution in [0.1, 0.15) is 48.7 Å². The third-order valence-corrected chi connectivity index (χ3v) is 4.79. The van der Waals surface area contributed by atoms with Crippen molar-refractivity contribution in [1.29, 1.82) is 0 Å². The molecule has 1 aromatic heterocycles. The van der Waals surface area contributed by atoms with E-state index in [0.29, 0.717) is 10.9 Å². The van der Waals surface area contributed by atoms with Gasteiger partial charge in [0.1, 0.15) is 11.9 Å². The Bertz CT molecular complexity index is 717. The molecule has 0 aliphatic carbocycles. The molecule has 0 amide bonds. The highest BCUT2D eigenvalue weighted by molar-refractivity contribution is 6.05. The molecule has 5 heteroatoms. The van der Waals surface area contributed by atoms with Gasteiger partial charge in [-0.05, 0) is 50.9 Å². The Labute approximate surface area is 142 Å². The number of esters is 1. The Kier molecular flexibility index (Phi) is 5.19. The number of halogens is 1. The number of rotatable bonds is 5. The topological polar surface area (TPSA) is 45.3 Å². The third-order valence-electron chi connectivity index (χ3n) is 4.79. The molecule has 1 saturated heterocycles. The number of hydrogen-bond donors (Lipinski definition) is 1. The summed E-state index contributed by atoms with van der Waals surface area (Å²) in [5, 5.41) is 0.595. The van der Waals surface area contributed by atoms with Crippen molar-refractivity contribution in [2.24, 2.45) is 0 Å². The summed E-state index contributed by atoms with van der Waals surface area (Å²) in [5.41, 5.74) is 1.94. The Morgan fingerprint density at radius 1 is 1.38 bits per heavy atom. The molecular weight excluding hydrogens is 307 g/mol. The van der Waals surface area contributed by atoms with Crippen LogP contribution in [0.25, 0.3) is 10.9 Å². The molecule has 0 unspecified atom stereocenters. The Morgan fingerprint density at radius 3 is 2.83 bits per heavy atom. The average molecular weight is 332 g/mol. The molecule has 1 aliphatic heterocycles. The number of carbonyl (C=O) groups is 1. The molecule has 2 heterocycles. The molecule has 24 heavy (non-hydrogen) atoms. The minimum Gasteiger partial charge on any atom is -0.459 e. The number of benzene rings is 1. The lowest BCUT2D eigenvalue weighted by Crippen LogP contribution is -2.38. The number of carbonyl (C=O) groups excluding carboxylic acids is 1. The number of piperidine rings is 1. The Hall–Kier alpha value is -1.88. The summed E-state index contributed by atoms with van der Waals surface area (Å²) in [4.78, 5) is 18.2. The van der Waals surface area contributed by atoms with E-state index in [1.807, 2.05) is 6.92 Å². The van der Waals surface area contributed by atoms with Crippen molar-refractivity contribution >= 4 is 16.9 Å². The van der Waals surface area contributed by atoms with Crippen LogP contribution in [-0.2, 0) is 4.74 Å². The van der Waals surface area contributed by atoms with E-state index in [2.05, 4.69) is 16.8 Å². The van der Waals surface area contributed by atoms with Gasteiger partial charge in [-0.3, -0.25) is 0 Å². The van der Waals surface area contributed by atoms with E-state index in [9.17, 15) is 9.18 Å². The number of nitrogens with one attached hydrogen (secondary N) is 1. The molecule has 1 fully saturated rings. The number of aromatic nitrogens is 1. The molecule has 0 radical (unpaired) electrons. The number of nitrogens with zero attached hydrogens (tertiary/aromatic N) is 1. The SMILES string of the molecule is CCCCN1CCC(OC(=O)c2c(C)[nH]c3ccc(F)cc23)CC1. The van der Waals surface area contributed by atoms with Crippen molar-refractivity contribution in [3.63, 3.8) is 0 Å². The summed E-state index contributed by atoms with van der Waals surface area (Å²) in [6.45, 7) is 7.08. The van der Waals surface area contributed by atoms with Crippen LogP contribution in [-0.4, -0.2) is 41.6 Å². The quantitative estimate of drug-likeness (QED) is 0.841. The first-order chi connectivity index (χ1) is 11.6. The number of unbranched alkanes of at least 4 members (excludes halogenated alkanes) is 1. The zero-order valence-corrected chi connectivity index (χ0v) is 14.4. The van der Waals surface area contributed by atoms with Gasteiger partial charge in [0.25, 0.3) is 0 Å². The second kappa shape index (κ2) is 7.34. The van der Waals surface area contributed by atoms with Crippen LogP contribution >= 0.6 is 0 Å². The largest absolute Gasteiger partial charge is 0.459 e. The van der Waals surface area contributed by atoms with Crippen molar-refractivity contribution in [2.45, 2.75) is 45.6 Å². The lowest BCUT2D eigenvalue weighted by molar-refractivity contribution is 0.0114. The Balaban J connectivity index is 1.66. The first kappa shape index (κ1) is 17.0. The summed E-state index contributed by atoms with van der Waals surface area (Å²) >= 11 is 0. The standard InChI is InChI=1S/C19H25FN2O2/c1-3-4-9-22-10-7-15(8-11-22)24-19(23)18-13(2)21-17-6-5-14(20)12-16(17)18/h5-6,12,15,21H,3-4,7-11H2,1-2H3. The van der Waals surface area contributed by atoms with E-state index in [1.165, 1.54) is 25.0 Å². The summed E-state index contributed by atoms with van der Waals surface area (Å²) in [6.07, 6.45) is 4.10. The zero-order chi connectivity index (χ0) is 17.1. The lowest BCUT2D eigenvalue weighted by Gasteiger charge is -2.31. The van der Waals surface area contributed by atoms with E-state index in [4.69, 9.17) is 4.74 Å². The molecule has 130 valence electrons. The van der Waals surface area contributed by atoms with Crippen LogP contribution in [0.5, 0.6) is 0 Å². The normalized spacial score (nSPS) is 16.6. The van der Waals surface area contributed by atoms with Gasteiger partial charge in [-0.2, -0.15) is 0 Å². The van der Waals surface area contributed by atoms with Gasteiger partial charge in [-0.15, -0.1) is 0 Å². The molecule has 0 saturated carbocycles. The minimum absolute atomic E-state index is 0.0479. The number of aryl methyl sites for hydroxylation is 1. The molecule has 1 aliphatic rings. The maximum Gasteiger partial charge on any atom is 0.340 e. The third kappa shape index (κ3) is 3.61. The number of fused-ring (bicyclic) bond motifs is 1. The number of ether oxygens (including phenoxy) is 1. The van der Waals surface area contributed by atoms with Crippen molar-refractivity contribution in [3.8, 4) is 0 Å². The van der Waals surface area contributed by atoms with Crippen LogP contribution in [0, 0.1) is 12.7 Å². The molecule has 1 N–H and O–H groups in total. The van der Waals surface area contributed by atoms with E-state index in [0.717, 1.165) is 43.7 Å². The van der Waals surface area contributed by atoms with Crippen molar-refractivity contribution in [3.05, 3.63) is 35.3 Å². The molecule has 1 aromatic carbocycles. The predicted octanol–water partition coefficient (Wildman–Crippen LogP) is 4.04. The fourth-order valence-electron chi connectivity index (χ4n) is 3.40. The van der Waals surface area contributed by atoms with E-state index in [-0.39, 0.29) is 17.9 Å². The number of aromatic amines is 1. The van der Waals surface area contributed by atoms with E-state index < -0.39 is 0 Å². The second-order valence-electron chi connectivity index (χ2n) is 6.61. The lowest BCUT2D eigenvalue weighted by atomic mass is 10.1. The van der Waals surface area contributed by atoms with Gasteiger partial charge in [0.05, 0.1) is 5.56 Å². The van der Waals surface area contributed by atoms with Gasteiger partial charge in [-0.1, -0.05) is 13.3 Å². The highest BCUT2D eigenvalue weighted by atomic mass is 19.1. The number of H-pyrrole nitrogens is 1.